The third-order valence-corrected chi connectivity index (χ3v) is 5.03. The number of nitrogen functional groups attached to an aromatic ring is 2. The van der Waals surface area contributed by atoms with Crippen LogP contribution < -0.4 is 20.9 Å². The molecule has 0 bridgehead atoms. The summed E-state index contributed by atoms with van der Waals surface area (Å²) in [5.41, 5.74) is -3.91. The highest BCUT2D eigenvalue weighted by Crippen LogP contribution is 2.49. The van der Waals surface area contributed by atoms with E-state index in [4.69, 9.17) is 11.5 Å². The van der Waals surface area contributed by atoms with Gasteiger partial charge in [-0.25, -0.2) is 30.7 Å². The Morgan fingerprint density at radius 2 is 0.738 bits per heavy atom. The SMILES string of the molecule is Nc1c(F)c(Oc2cc(Oc3c(F)c(N)c(F)c(C(F)(F)F)c3F)c(C(F)(F)F)c(F)c2F)c(F)c(C(F)(F)F)c1F. The quantitative estimate of drug-likeness (QED) is 0.222. The molecule has 0 amide bonds. The van der Waals surface area contributed by atoms with Crippen LogP contribution in [0.4, 0.5) is 86.0 Å². The monoisotopic (exact) mass is 640 g/mol. The molecular weight excluding hydrogens is 635 g/mol. The van der Waals surface area contributed by atoms with E-state index in [1.54, 1.807) is 0 Å². The molecule has 0 spiro atoms. The molecule has 0 fully saturated rings. The van der Waals surface area contributed by atoms with Crippen molar-refractivity contribution in [2.45, 2.75) is 18.5 Å². The predicted octanol–water partition coefficient (Wildman–Crippen LogP) is 8.60. The second-order valence-electron chi connectivity index (χ2n) is 7.69. The van der Waals surface area contributed by atoms with Crippen molar-refractivity contribution >= 4 is 11.4 Å². The highest BCUT2D eigenvalue weighted by atomic mass is 19.4. The molecule has 42 heavy (non-hydrogen) atoms. The van der Waals surface area contributed by atoms with Gasteiger partial charge in [-0.2, -0.15) is 43.9 Å². The maximum Gasteiger partial charge on any atom is 0.422 e. The van der Waals surface area contributed by atoms with Crippen molar-refractivity contribution in [1.29, 1.82) is 0 Å². The summed E-state index contributed by atoms with van der Waals surface area (Å²) in [7, 11) is 0. The zero-order valence-electron chi connectivity index (χ0n) is 19.0. The lowest BCUT2D eigenvalue weighted by molar-refractivity contribution is -0.143. The first-order valence-electron chi connectivity index (χ1n) is 9.93. The maximum absolute atomic E-state index is 14.5. The van der Waals surface area contributed by atoms with E-state index in [9.17, 15) is 74.6 Å². The number of alkyl halides is 9. The Hall–Kier alpha value is -4.33. The standard InChI is InChI=1S/C21H5F17N2O2/c22-7-3(42-18-12(27)6(21(36,37)38)10(25)16(40)14(18)29)1-2(4(8(7)23)19(30,31)32)41-17-11(26)5(20(33,34)35)9(24)15(39)13(17)28/h1H,39-40H2. The number of anilines is 2. The molecule has 0 aliphatic heterocycles. The molecule has 0 aliphatic carbocycles. The third-order valence-electron chi connectivity index (χ3n) is 5.03. The maximum atomic E-state index is 14.5. The van der Waals surface area contributed by atoms with E-state index in [-0.39, 0.29) is 0 Å². The normalized spacial score (nSPS) is 12.6. The summed E-state index contributed by atoms with van der Waals surface area (Å²) < 4.78 is 241. The second-order valence-corrected chi connectivity index (χ2v) is 7.69. The van der Waals surface area contributed by atoms with Crippen LogP contribution in [0.3, 0.4) is 0 Å². The van der Waals surface area contributed by atoms with Crippen molar-refractivity contribution in [2.75, 3.05) is 11.5 Å². The van der Waals surface area contributed by atoms with Gasteiger partial charge in [0.05, 0.1) is 0 Å². The van der Waals surface area contributed by atoms with Gasteiger partial charge in [0.25, 0.3) is 0 Å². The molecule has 21 heteroatoms. The van der Waals surface area contributed by atoms with Crippen LogP contribution in [0.2, 0.25) is 0 Å². The summed E-state index contributed by atoms with van der Waals surface area (Å²) >= 11 is 0. The number of hydrogen-bond donors (Lipinski definition) is 2. The smallest absolute Gasteiger partial charge is 0.422 e. The summed E-state index contributed by atoms with van der Waals surface area (Å²) in [5.74, 6) is -33.0. The van der Waals surface area contributed by atoms with Crippen LogP contribution in [0.1, 0.15) is 16.7 Å². The van der Waals surface area contributed by atoms with E-state index in [1.165, 1.54) is 0 Å². The van der Waals surface area contributed by atoms with Crippen molar-refractivity contribution < 1.29 is 84.1 Å². The zero-order chi connectivity index (χ0) is 32.4. The Balaban J connectivity index is 2.36. The minimum Gasteiger partial charge on any atom is -0.450 e. The van der Waals surface area contributed by atoms with Gasteiger partial charge in [-0.1, -0.05) is 0 Å². The van der Waals surface area contributed by atoms with Crippen molar-refractivity contribution in [2.24, 2.45) is 0 Å². The first-order chi connectivity index (χ1) is 18.9. The minimum atomic E-state index is -6.16. The summed E-state index contributed by atoms with van der Waals surface area (Å²) in [5, 5.41) is 0. The predicted molar refractivity (Wildman–Crippen MR) is 103 cm³/mol. The molecule has 0 aliphatic rings. The van der Waals surface area contributed by atoms with Crippen LogP contribution in [0, 0.1) is 46.5 Å². The molecular formula is C21H5F17N2O2. The van der Waals surface area contributed by atoms with Crippen LogP contribution in [0.25, 0.3) is 0 Å². The molecule has 0 heterocycles. The van der Waals surface area contributed by atoms with Crippen LogP contribution in [-0.4, -0.2) is 0 Å². The molecule has 0 atom stereocenters. The fourth-order valence-electron chi connectivity index (χ4n) is 3.22. The molecule has 0 saturated carbocycles. The van der Waals surface area contributed by atoms with E-state index < -0.39 is 122 Å². The molecule has 4 N–H and O–H groups in total. The van der Waals surface area contributed by atoms with E-state index in [2.05, 4.69) is 9.47 Å². The summed E-state index contributed by atoms with van der Waals surface area (Å²) in [6.45, 7) is 0. The van der Waals surface area contributed by atoms with Crippen LogP contribution in [0.5, 0.6) is 23.0 Å². The van der Waals surface area contributed by atoms with Crippen molar-refractivity contribution in [3.05, 3.63) is 69.3 Å². The molecule has 4 nitrogen and oxygen atoms in total. The van der Waals surface area contributed by atoms with Gasteiger partial charge in [0.2, 0.25) is 17.3 Å². The summed E-state index contributed by atoms with van der Waals surface area (Å²) in [4.78, 5) is 0. The number of halogens is 17. The van der Waals surface area contributed by atoms with Crippen molar-refractivity contribution in [3.8, 4) is 23.0 Å². The Morgan fingerprint density at radius 1 is 0.405 bits per heavy atom. The van der Waals surface area contributed by atoms with E-state index >= 15 is 0 Å². The minimum absolute atomic E-state index is 0.682. The lowest BCUT2D eigenvalue weighted by Crippen LogP contribution is -2.17. The topological polar surface area (TPSA) is 70.5 Å². The fraction of sp³-hybridized carbons (Fsp3) is 0.143. The molecule has 0 unspecified atom stereocenters. The molecule has 0 aromatic heterocycles. The average molecular weight is 640 g/mol. The van der Waals surface area contributed by atoms with Crippen LogP contribution in [-0.2, 0) is 18.5 Å². The van der Waals surface area contributed by atoms with Gasteiger partial charge in [-0.05, 0) is 0 Å². The van der Waals surface area contributed by atoms with Gasteiger partial charge in [0.1, 0.15) is 33.8 Å². The molecule has 0 radical (unpaired) electrons. The van der Waals surface area contributed by atoms with E-state index in [0.717, 1.165) is 0 Å². The first kappa shape index (κ1) is 32.2. The average Bonchev–Trinajstić information content (AvgIpc) is 2.82. The Bertz CT molecular complexity index is 1590. The number of ether oxygens (including phenoxy) is 2. The van der Waals surface area contributed by atoms with Crippen LogP contribution in [0.15, 0.2) is 6.07 Å². The Labute approximate surface area is 218 Å². The first-order valence-corrected chi connectivity index (χ1v) is 9.93. The van der Waals surface area contributed by atoms with Gasteiger partial charge in [-0.15, -0.1) is 0 Å². The second kappa shape index (κ2) is 10.2. The summed E-state index contributed by atoms with van der Waals surface area (Å²) in [6, 6.07) is -0.682. The molecule has 230 valence electrons. The lowest BCUT2D eigenvalue weighted by atomic mass is 10.1. The number of hydrogen-bond acceptors (Lipinski definition) is 4. The van der Waals surface area contributed by atoms with Gasteiger partial charge in [0, 0.05) is 6.07 Å². The van der Waals surface area contributed by atoms with Gasteiger partial charge >= 0.3 is 18.5 Å². The van der Waals surface area contributed by atoms with Crippen molar-refractivity contribution in [3.63, 3.8) is 0 Å². The highest BCUT2D eigenvalue weighted by molar-refractivity contribution is 5.57. The molecule has 3 aromatic carbocycles. The van der Waals surface area contributed by atoms with Crippen molar-refractivity contribution in [1.82, 2.24) is 0 Å². The molecule has 0 saturated heterocycles. The zero-order valence-corrected chi connectivity index (χ0v) is 19.0. The van der Waals surface area contributed by atoms with Gasteiger partial charge < -0.3 is 20.9 Å². The largest absolute Gasteiger partial charge is 0.450 e. The molecule has 3 aromatic rings. The lowest BCUT2D eigenvalue weighted by Gasteiger charge is -2.20. The number of nitrogens with two attached hydrogens (primary N) is 2. The Kier molecular flexibility index (Phi) is 7.81. The van der Waals surface area contributed by atoms with E-state index in [0.29, 0.717) is 0 Å². The van der Waals surface area contributed by atoms with E-state index in [1.807, 2.05) is 0 Å². The van der Waals surface area contributed by atoms with Gasteiger partial charge in [0.15, 0.2) is 46.5 Å². The number of benzene rings is 3. The van der Waals surface area contributed by atoms with Crippen LogP contribution >= 0.6 is 0 Å². The fourth-order valence-corrected chi connectivity index (χ4v) is 3.22. The number of rotatable bonds is 4. The Morgan fingerprint density at radius 3 is 1.07 bits per heavy atom. The van der Waals surface area contributed by atoms with Gasteiger partial charge in [-0.3, -0.25) is 0 Å². The molecule has 3 rings (SSSR count). The highest BCUT2D eigenvalue weighted by Gasteiger charge is 2.46. The summed E-state index contributed by atoms with van der Waals surface area (Å²) in [6.07, 6.45) is -18.2. The third kappa shape index (κ3) is 5.33.